The van der Waals surface area contributed by atoms with Crippen LogP contribution in [0.25, 0.3) is 0 Å². The van der Waals surface area contributed by atoms with E-state index in [0.717, 1.165) is 0 Å². The van der Waals surface area contributed by atoms with Gasteiger partial charge in [0.15, 0.2) is 16.3 Å². The normalized spacial score (nSPS) is 4.00. The van der Waals surface area contributed by atoms with Gasteiger partial charge in [0.25, 0.3) is 6.26 Å². The molecule has 0 aromatic carbocycles. The Bertz CT molecular complexity index is 37.8. The highest BCUT2D eigenvalue weighted by Gasteiger charge is 1.47. The summed E-state index contributed by atoms with van der Waals surface area (Å²) in [6, 6.07) is 0. The summed E-state index contributed by atoms with van der Waals surface area (Å²) in [5.74, 6) is 0. The van der Waals surface area contributed by atoms with Gasteiger partial charge in [0.1, 0.15) is 0 Å². The maximum absolute atomic E-state index is 7.36. The number of hydrogen-bond acceptors (Lipinski definition) is 2. The molecule has 22 valence electrons. The average Bonchev–Trinajstić information content (AvgIpc) is 1.37. The SMILES string of the molecule is N#COBr. The van der Waals surface area contributed by atoms with Crippen LogP contribution in [0.3, 0.4) is 0 Å². The Morgan fingerprint density at radius 2 is 2.25 bits per heavy atom. The number of rotatable bonds is 0. The second kappa shape index (κ2) is 2.77. The molecule has 0 rings (SSSR count). The summed E-state index contributed by atoms with van der Waals surface area (Å²) in [6.07, 6.45) is 1.35. The Kier molecular flexibility index (Phi) is 2.61. The smallest absolute Gasteiger partial charge is 0.298 e. The molecule has 0 saturated carbocycles. The van der Waals surface area contributed by atoms with E-state index < -0.39 is 0 Å². The van der Waals surface area contributed by atoms with Crippen LogP contribution in [0.4, 0.5) is 0 Å². The Hall–Kier alpha value is -0.230. The maximum atomic E-state index is 7.36. The zero-order chi connectivity index (χ0) is 3.41. The first-order valence-electron chi connectivity index (χ1n) is 0.582. The minimum atomic E-state index is 1.35. The van der Waals surface area contributed by atoms with Crippen molar-refractivity contribution in [3.63, 3.8) is 0 Å². The average molecular weight is 122 g/mol. The van der Waals surface area contributed by atoms with E-state index in [2.05, 4.69) is 20.1 Å². The molecule has 0 amide bonds. The molecule has 0 atom stereocenters. The largest absolute Gasteiger partial charge is 0.345 e. The standard InChI is InChI=1S/CBrNO/c2-4-1-3. The lowest BCUT2D eigenvalue weighted by molar-refractivity contribution is 0.627. The molecule has 0 heterocycles. The molecule has 0 aromatic rings. The van der Waals surface area contributed by atoms with Gasteiger partial charge < -0.3 is 3.83 Å². The first-order chi connectivity index (χ1) is 1.91. The van der Waals surface area contributed by atoms with E-state index in [0.29, 0.717) is 0 Å². The van der Waals surface area contributed by atoms with Crippen molar-refractivity contribution < 1.29 is 3.83 Å². The van der Waals surface area contributed by atoms with Gasteiger partial charge in [-0.05, 0) is 0 Å². The fourth-order valence-electron chi connectivity index (χ4n) is 0. The lowest BCUT2D eigenvalue weighted by Crippen LogP contribution is -1.39. The van der Waals surface area contributed by atoms with Crippen molar-refractivity contribution in [1.82, 2.24) is 0 Å². The highest BCUT2D eigenvalue weighted by molar-refractivity contribution is 9.06. The van der Waals surface area contributed by atoms with Crippen LogP contribution in [-0.2, 0) is 3.83 Å². The van der Waals surface area contributed by atoms with E-state index in [9.17, 15) is 0 Å². The van der Waals surface area contributed by atoms with Crippen LogP contribution >= 0.6 is 16.3 Å². The molecule has 0 radical (unpaired) electrons. The number of nitriles is 1. The van der Waals surface area contributed by atoms with Crippen LogP contribution in [0.15, 0.2) is 0 Å². The van der Waals surface area contributed by atoms with Gasteiger partial charge in [-0.25, -0.2) is 0 Å². The van der Waals surface area contributed by atoms with E-state index in [1.165, 1.54) is 6.26 Å². The van der Waals surface area contributed by atoms with Crippen molar-refractivity contribution in [2.75, 3.05) is 0 Å². The minimum absolute atomic E-state index is 1.35. The third kappa shape index (κ3) is 1.77. The van der Waals surface area contributed by atoms with Crippen LogP contribution in [-0.4, -0.2) is 0 Å². The first-order valence-corrected chi connectivity index (χ1v) is 1.23. The van der Waals surface area contributed by atoms with E-state index in [1.54, 1.807) is 0 Å². The summed E-state index contributed by atoms with van der Waals surface area (Å²) in [5, 5.41) is 7.36. The molecular formula is CBrNO. The molecule has 0 aliphatic carbocycles. The molecule has 0 aliphatic heterocycles. The van der Waals surface area contributed by atoms with E-state index >= 15 is 0 Å². The van der Waals surface area contributed by atoms with Gasteiger partial charge in [-0.1, -0.05) is 0 Å². The van der Waals surface area contributed by atoms with Crippen molar-refractivity contribution in [1.29, 1.82) is 5.26 Å². The molecule has 0 aliphatic rings. The van der Waals surface area contributed by atoms with E-state index in [1.807, 2.05) is 0 Å². The third-order valence-corrected chi connectivity index (χ3v) is 0.179. The predicted molar refractivity (Wildman–Crippen MR) is 15.6 cm³/mol. The maximum Gasteiger partial charge on any atom is 0.298 e. The summed E-state index contributed by atoms with van der Waals surface area (Å²) < 4.78 is 3.66. The van der Waals surface area contributed by atoms with Gasteiger partial charge in [-0.3, -0.25) is 0 Å². The Balaban J connectivity index is 2.43. The van der Waals surface area contributed by atoms with Crippen molar-refractivity contribution in [3.8, 4) is 6.26 Å². The summed E-state index contributed by atoms with van der Waals surface area (Å²) in [6.45, 7) is 0. The molecule has 3 heteroatoms. The van der Waals surface area contributed by atoms with Gasteiger partial charge >= 0.3 is 0 Å². The van der Waals surface area contributed by atoms with Gasteiger partial charge in [0, 0.05) is 0 Å². The Labute approximate surface area is 32.4 Å². The number of nitrogens with zero attached hydrogens (tertiary/aromatic N) is 1. The van der Waals surface area contributed by atoms with Crippen LogP contribution in [0, 0.1) is 11.5 Å². The monoisotopic (exact) mass is 121 g/mol. The number of halogens is 1. The predicted octanol–water partition coefficient (Wildman–Crippen LogP) is 0.794. The Morgan fingerprint density at radius 3 is 2.25 bits per heavy atom. The molecule has 0 fully saturated rings. The molecule has 2 nitrogen and oxygen atoms in total. The first kappa shape index (κ1) is 3.77. The lowest BCUT2D eigenvalue weighted by Gasteiger charge is -1.54. The van der Waals surface area contributed by atoms with Crippen LogP contribution in [0.2, 0.25) is 0 Å². The summed E-state index contributed by atoms with van der Waals surface area (Å²) >= 11 is 2.39. The molecule has 0 aromatic heterocycles. The zero-order valence-corrected chi connectivity index (χ0v) is 3.32. The number of hydrogen-bond donors (Lipinski definition) is 0. The molecule has 0 bridgehead atoms. The topological polar surface area (TPSA) is 33.0 Å². The summed E-state index contributed by atoms with van der Waals surface area (Å²) in [4.78, 5) is 0. The molecule has 0 unspecified atom stereocenters. The molecule has 0 N–H and O–H groups in total. The lowest BCUT2D eigenvalue weighted by atomic mass is 11.6. The van der Waals surface area contributed by atoms with Crippen molar-refractivity contribution >= 4 is 16.3 Å². The molecule has 0 spiro atoms. The highest BCUT2D eigenvalue weighted by Crippen LogP contribution is 1.73. The third-order valence-electron chi connectivity index (χ3n) is 0.0345. The summed E-state index contributed by atoms with van der Waals surface area (Å²) in [7, 11) is 0. The molecule has 0 saturated heterocycles. The molecular weight excluding hydrogens is 122 g/mol. The van der Waals surface area contributed by atoms with Crippen LogP contribution < -0.4 is 0 Å². The zero-order valence-electron chi connectivity index (χ0n) is 1.73. The van der Waals surface area contributed by atoms with Gasteiger partial charge in [-0.2, -0.15) is 0 Å². The van der Waals surface area contributed by atoms with Crippen molar-refractivity contribution in [2.24, 2.45) is 0 Å². The quantitative estimate of drug-likeness (QED) is 0.445. The van der Waals surface area contributed by atoms with E-state index in [4.69, 9.17) is 5.26 Å². The molecule has 4 heavy (non-hydrogen) atoms. The minimum Gasteiger partial charge on any atom is -0.345 e. The fraction of sp³-hybridized carbons (Fsp3) is 0. The van der Waals surface area contributed by atoms with Gasteiger partial charge in [0.2, 0.25) is 0 Å². The fourth-order valence-corrected chi connectivity index (χ4v) is 0. The van der Waals surface area contributed by atoms with Gasteiger partial charge in [0.05, 0.1) is 0 Å². The van der Waals surface area contributed by atoms with E-state index in [-0.39, 0.29) is 0 Å². The van der Waals surface area contributed by atoms with Crippen LogP contribution in [0.1, 0.15) is 0 Å². The second-order valence-electron chi connectivity index (χ2n) is 0.168. The summed E-state index contributed by atoms with van der Waals surface area (Å²) in [5.41, 5.74) is 0. The van der Waals surface area contributed by atoms with Crippen LogP contribution in [0.5, 0.6) is 0 Å². The van der Waals surface area contributed by atoms with Crippen molar-refractivity contribution in [2.45, 2.75) is 0 Å². The Morgan fingerprint density at radius 1 is 2.00 bits per heavy atom. The second-order valence-corrected chi connectivity index (χ2v) is 0.492. The van der Waals surface area contributed by atoms with Crippen molar-refractivity contribution in [3.05, 3.63) is 0 Å². The highest BCUT2D eigenvalue weighted by atomic mass is 79.9. The van der Waals surface area contributed by atoms with Gasteiger partial charge in [-0.15, -0.1) is 5.26 Å².